The van der Waals surface area contributed by atoms with E-state index < -0.39 is 12.5 Å². The molecule has 1 aliphatic heterocycles. The number of hydrogen-bond acceptors (Lipinski definition) is 3. The number of para-hydroxylation sites is 1. The van der Waals surface area contributed by atoms with E-state index in [9.17, 15) is 14.4 Å². The van der Waals surface area contributed by atoms with Crippen LogP contribution in [-0.2, 0) is 16.1 Å². The number of anilines is 1. The molecule has 1 fully saturated rings. The number of carbonyl (C=O) groups excluding carboxylic acids is 2. The van der Waals surface area contributed by atoms with Crippen molar-refractivity contribution in [2.24, 2.45) is 0 Å². The lowest BCUT2D eigenvalue weighted by molar-refractivity contribution is -0.135. The summed E-state index contributed by atoms with van der Waals surface area (Å²) in [6.07, 6.45) is 1.48. The summed E-state index contributed by atoms with van der Waals surface area (Å²) in [6.45, 7) is 0.887. The highest BCUT2D eigenvalue weighted by Crippen LogP contribution is 2.19. The zero-order chi connectivity index (χ0) is 18.5. The smallest absolute Gasteiger partial charge is 0.323 e. The van der Waals surface area contributed by atoms with Gasteiger partial charge in [-0.3, -0.25) is 19.3 Å². The Bertz CT molecular complexity index is 802. The summed E-state index contributed by atoms with van der Waals surface area (Å²) in [7, 11) is 0. The van der Waals surface area contributed by atoms with Crippen LogP contribution in [-0.4, -0.2) is 40.9 Å². The molecular weight excluding hydrogens is 332 g/mol. The molecule has 0 aromatic heterocycles. The van der Waals surface area contributed by atoms with E-state index in [2.05, 4.69) is 0 Å². The first kappa shape index (κ1) is 17.7. The first-order chi connectivity index (χ1) is 12.5. The number of aliphatic carboxylic acids is 1. The molecule has 2 aromatic carbocycles. The number of hydrogen-bond donors (Lipinski definition) is 1. The number of rotatable bonds is 6. The lowest BCUT2D eigenvalue weighted by atomic mass is 10.1. The van der Waals surface area contributed by atoms with E-state index in [1.807, 2.05) is 12.1 Å². The Morgan fingerprint density at radius 1 is 1.04 bits per heavy atom. The number of likely N-dealkylation sites (tertiary alicyclic amines) is 1. The molecule has 0 atom stereocenters. The molecule has 26 heavy (non-hydrogen) atoms. The summed E-state index contributed by atoms with van der Waals surface area (Å²) in [5.74, 6) is -1.30. The summed E-state index contributed by atoms with van der Waals surface area (Å²) < 4.78 is 0. The first-order valence-electron chi connectivity index (χ1n) is 8.50. The molecular formula is C20H20N2O4. The minimum Gasteiger partial charge on any atom is -0.480 e. The third-order valence-corrected chi connectivity index (χ3v) is 4.35. The van der Waals surface area contributed by atoms with Crippen LogP contribution in [0.2, 0.25) is 0 Å². The van der Waals surface area contributed by atoms with Crippen molar-refractivity contribution in [3.8, 4) is 0 Å². The lowest BCUT2D eigenvalue weighted by Gasteiger charge is -2.21. The molecule has 3 rings (SSSR count). The van der Waals surface area contributed by atoms with Crippen LogP contribution >= 0.6 is 0 Å². The second-order valence-electron chi connectivity index (χ2n) is 6.24. The summed E-state index contributed by atoms with van der Waals surface area (Å²) in [4.78, 5) is 38.7. The average Bonchev–Trinajstić information content (AvgIpc) is 3.05. The highest BCUT2D eigenvalue weighted by atomic mass is 16.4. The molecule has 0 unspecified atom stereocenters. The van der Waals surface area contributed by atoms with Crippen molar-refractivity contribution in [2.45, 2.75) is 19.4 Å². The van der Waals surface area contributed by atoms with Gasteiger partial charge in [0.2, 0.25) is 5.91 Å². The number of carbonyl (C=O) groups is 3. The Labute approximate surface area is 151 Å². The molecule has 0 bridgehead atoms. The topological polar surface area (TPSA) is 77.9 Å². The van der Waals surface area contributed by atoms with Crippen LogP contribution < -0.4 is 4.90 Å². The molecule has 6 heteroatoms. The van der Waals surface area contributed by atoms with Crippen molar-refractivity contribution < 1.29 is 19.5 Å². The van der Waals surface area contributed by atoms with Crippen molar-refractivity contribution in [3.05, 3.63) is 65.7 Å². The maximum absolute atomic E-state index is 12.8. The monoisotopic (exact) mass is 352 g/mol. The zero-order valence-electron chi connectivity index (χ0n) is 14.3. The Morgan fingerprint density at radius 2 is 1.73 bits per heavy atom. The van der Waals surface area contributed by atoms with E-state index in [1.54, 1.807) is 47.4 Å². The normalized spacial score (nSPS) is 13.7. The van der Waals surface area contributed by atoms with E-state index in [-0.39, 0.29) is 11.8 Å². The summed E-state index contributed by atoms with van der Waals surface area (Å²) in [6, 6.07) is 15.7. The maximum Gasteiger partial charge on any atom is 0.323 e. The quantitative estimate of drug-likeness (QED) is 0.867. The Kier molecular flexibility index (Phi) is 5.31. The van der Waals surface area contributed by atoms with Crippen molar-refractivity contribution in [3.63, 3.8) is 0 Å². The van der Waals surface area contributed by atoms with Crippen LogP contribution in [0.1, 0.15) is 28.8 Å². The molecule has 6 nitrogen and oxygen atoms in total. The van der Waals surface area contributed by atoms with Gasteiger partial charge in [-0.25, -0.2) is 0 Å². The highest BCUT2D eigenvalue weighted by Gasteiger charge is 2.22. The molecule has 2 amide bonds. The van der Waals surface area contributed by atoms with Gasteiger partial charge in [-0.2, -0.15) is 0 Å². The molecule has 0 saturated carbocycles. The SMILES string of the molecule is O=C(O)CN(C(=O)c1ccc(CN2CCCC2=O)cc1)c1ccccc1. The van der Waals surface area contributed by atoms with Gasteiger partial charge in [-0.1, -0.05) is 30.3 Å². The van der Waals surface area contributed by atoms with E-state index in [0.29, 0.717) is 24.2 Å². The van der Waals surface area contributed by atoms with Crippen LogP contribution in [0.15, 0.2) is 54.6 Å². The Morgan fingerprint density at radius 3 is 2.31 bits per heavy atom. The number of carboxylic acid groups (broad SMARTS) is 1. The summed E-state index contributed by atoms with van der Waals surface area (Å²) in [5.41, 5.74) is 1.89. The van der Waals surface area contributed by atoms with Crippen LogP contribution in [0, 0.1) is 0 Å². The van der Waals surface area contributed by atoms with E-state index in [0.717, 1.165) is 18.5 Å². The fourth-order valence-corrected chi connectivity index (χ4v) is 3.02. The third kappa shape index (κ3) is 4.08. The van der Waals surface area contributed by atoms with Gasteiger partial charge in [0, 0.05) is 30.8 Å². The van der Waals surface area contributed by atoms with Crippen LogP contribution in [0.3, 0.4) is 0 Å². The van der Waals surface area contributed by atoms with Gasteiger partial charge in [-0.15, -0.1) is 0 Å². The third-order valence-electron chi connectivity index (χ3n) is 4.35. The van der Waals surface area contributed by atoms with Crippen LogP contribution in [0.4, 0.5) is 5.69 Å². The molecule has 1 aliphatic rings. The van der Waals surface area contributed by atoms with Gasteiger partial charge in [0.1, 0.15) is 6.54 Å². The van der Waals surface area contributed by atoms with Crippen molar-refractivity contribution >= 4 is 23.5 Å². The number of carboxylic acids is 1. The Hall–Kier alpha value is -3.15. The number of amides is 2. The molecule has 0 spiro atoms. The van der Waals surface area contributed by atoms with Crippen LogP contribution in [0.25, 0.3) is 0 Å². The fraction of sp³-hybridized carbons (Fsp3) is 0.250. The number of nitrogens with zero attached hydrogens (tertiary/aromatic N) is 2. The second-order valence-corrected chi connectivity index (χ2v) is 6.24. The minimum atomic E-state index is -1.08. The number of benzene rings is 2. The highest BCUT2D eigenvalue weighted by molar-refractivity contribution is 6.08. The molecule has 0 radical (unpaired) electrons. The molecule has 1 heterocycles. The largest absolute Gasteiger partial charge is 0.480 e. The molecule has 1 saturated heterocycles. The van der Waals surface area contributed by atoms with Gasteiger partial charge in [0.05, 0.1) is 0 Å². The van der Waals surface area contributed by atoms with Crippen molar-refractivity contribution in [1.82, 2.24) is 4.90 Å². The van der Waals surface area contributed by atoms with Gasteiger partial charge in [0.25, 0.3) is 5.91 Å². The van der Waals surface area contributed by atoms with E-state index in [4.69, 9.17) is 5.11 Å². The molecule has 0 aliphatic carbocycles. The summed E-state index contributed by atoms with van der Waals surface area (Å²) >= 11 is 0. The first-order valence-corrected chi connectivity index (χ1v) is 8.50. The van der Waals surface area contributed by atoms with Gasteiger partial charge in [0.15, 0.2) is 0 Å². The zero-order valence-corrected chi connectivity index (χ0v) is 14.3. The standard InChI is InChI=1S/C20H20N2O4/c23-18-7-4-12-21(18)13-15-8-10-16(11-9-15)20(26)22(14-19(24)25)17-5-2-1-3-6-17/h1-3,5-6,8-11H,4,7,12-14H2,(H,24,25). The Balaban J connectivity index is 1.76. The predicted octanol–water partition coefficient (Wildman–Crippen LogP) is 2.54. The van der Waals surface area contributed by atoms with Gasteiger partial charge >= 0.3 is 5.97 Å². The van der Waals surface area contributed by atoms with Crippen LogP contribution in [0.5, 0.6) is 0 Å². The molecule has 2 aromatic rings. The van der Waals surface area contributed by atoms with Crippen molar-refractivity contribution in [2.75, 3.05) is 18.0 Å². The lowest BCUT2D eigenvalue weighted by Crippen LogP contribution is -2.35. The predicted molar refractivity (Wildman–Crippen MR) is 96.8 cm³/mol. The fourth-order valence-electron chi connectivity index (χ4n) is 3.02. The van der Waals surface area contributed by atoms with Gasteiger partial charge < -0.3 is 10.0 Å². The van der Waals surface area contributed by atoms with Crippen molar-refractivity contribution in [1.29, 1.82) is 0 Å². The average molecular weight is 352 g/mol. The molecule has 134 valence electrons. The molecule has 1 N–H and O–H groups in total. The maximum atomic E-state index is 12.8. The minimum absolute atomic E-state index is 0.155. The van der Waals surface area contributed by atoms with E-state index >= 15 is 0 Å². The second kappa shape index (κ2) is 7.82. The summed E-state index contributed by atoms with van der Waals surface area (Å²) in [5, 5.41) is 9.14. The van der Waals surface area contributed by atoms with E-state index in [1.165, 1.54) is 4.90 Å². The van der Waals surface area contributed by atoms with Gasteiger partial charge in [-0.05, 0) is 36.2 Å².